The Hall–Kier alpha value is -0.880. The first-order valence-corrected chi connectivity index (χ1v) is 7.22. The topological polar surface area (TPSA) is 29.1 Å². The summed E-state index contributed by atoms with van der Waals surface area (Å²) in [5, 5.41) is 3.05. The maximum atomic E-state index is 12.9. The van der Waals surface area contributed by atoms with Crippen LogP contribution in [0.5, 0.6) is 0 Å². The second kappa shape index (κ2) is 5.40. The summed E-state index contributed by atoms with van der Waals surface area (Å²) >= 11 is 0. The number of hydrogen-bond acceptors (Lipinski definition) is 2. The molecule has 18 heavy (non-hydrogen) atoms. The van der Waals surface area contributed by atoms with Crippen LogP contribution in [0.4, 0.5) is 13.2 Å². The van der Waals surface area contributed by atoms with E-state index in [1.165, 1.54) is 12.1 Å². The normalized spacial score (nSPS) is 25.7. The molecule has 2 rings (SSSR count). The van der Waals surface area contributed by atoms with Crippen molar-refractivity contribution in [2.45, 2.75) is 18.6 Å². The van der Waals surface area contributed by atoms with E-state index in [0.717, 1.165) is 12.5 Å². The van der Waals surface area contributed by atoms with Gasteiger partial charge in [0.05, 0.1) is 5.56 Å². The molecule has 2 nitrogen and oxygen atoms in total. The maximum absolute atomic E-state index is 12.9. The fourth-order valence-corrected chi connectivity index (χ4v) is 3.40. The molecule has 2 atom stereocenters. The van der Waals surface area contributed by atoms with Crippen LogP contribution in [0.2, 0.25) is 0 Å². The number of rotatable bonds is 1. The van der Waals surface area contributed by atoms with Crippen molar-refractivity contribution in [3.05, 3.63) is 35.4 Å². The summed E-state index contributed by atoms with van der Waals surface area (Å²) in [7, 11) is -1.05. The van der Waals surface area contributed by atoms with Crippen LogP contribution in [-0.4, -0.2) is 22.3 Å². The van der Waals surface area contributed by atoms with Crippen molar-refractivity contribution in [1.29, 1.82) is 0 Å². The molecule has 0 amide bonds. The summed E-state index contributed by atoms with van der Waals surface area (Å²) < 4.78 is 50.3. The SMILES string of the molecule is O=S1CCCNC(c2ccccc2C(F)(F)F)C1. The minimum atomic E-state index is -4.37. The zero-order valence-corrected chi connectivity index (χ0v) is 10.5. The summed E-state index contributed by atoms with van der Waals surface area (Å²) in [6.45, 7) is 0.600. The summed E-state index contributed by atoms with van der Waals surface area (Å²) in [6.07, 6.45) is -3.64. The molecule has 1 aliphatic heterocycles. The van der Waals surface area contributed by atoms with Crippen LogP contribution in [0.15, 0.2) is 24.3 Å². The molecule has 1 saturated heterocycles. The Balaban J connectivity index is 2.34. The highest BCUT2D eigenvalue weighted by molar-refractivity contribution is 7.85. The molecule has 100 valence electrons. The lowest BCUT2D eigenvalue weighted by Gasteiger charge is -2.20. The van der Waals surface area contributed by atoms with Crippen molar-refractivity contribution in [3.63, 3.8) is 0 Å². The van der Waals surface area contributed by atoms with Crippen LogP contribution < -0.4 is 5.32 Å². The van der Waals surface area contributed by atoms with Crippen molar-refractivity contribution in [2.24, 2.45) is 0 Å². The van der Waals surface area contributed by atoms with Gasteiger partial charge in [-0.25, -0.2) is 0 Å². The molecule has 1 aromatic rings. The summed E-state index contributed by atoms with van der Waals surface area (Å²) in [4.78, 5) is 0. The molecular weight excluding hydrogens is 263 g/mol. The Kier molecular flexibility index (Phi) is 4.07. The van der Waals surface area contributed by atoms with Gasteiger partial charge in [0.1, 0.15) is 0 Å². The molecule has 6 heteroatoms. The zero-order chi connectivity index (χ0) is 13.2. The monoisotopic (exact) mass is 277 g/mol. The Morgan fingerprint density at radius 1 is 1.28 bits per heavy atom. The smallest absolute Gasteiger partial charge is 0.309 e. The van der Waals surface area contributed by atoms with Gasteiger partial charge in [0, 0.05) is 28.3 Å². The number of alkyl halides is 3. The Morgan fingerprint density at radius 2 is 2.00 bits per heavy atom. The van der Waals surface area contributed by atoms with Crippen molar-refractivity contribution >= 4 is 10.8 Å². The fourth-order valence-electron chi connectivity index (χ4n) is 2.10. The molecule has 1 aliphatic rings. The quantitative estimate of drug-likeness (QED) is 0.854. The predicted octanol–water partition coefficient (Wildman–Crippen LogP) is 2.49. The Morgan fingerprint density at radius 3 is 2.72 bits per heavy atom. The van der Waals surface area contributed by atoms with E-state index in [-0.39, 0.29) is 11.3 Å². The first-order chi connectivity index (χ1) is 8.48. The Bertz CT molecular complexity index is 447. The van der Waals surface area contributed by atoms with Crippen molar-refractivity contribution in [3.8, 4) is 0 Å². The minimum absolute atomic E-state index is 0.195. The molecule has 0 spiro atoms. The van der Waals surface area contributed by atoms with Gasteiger partial charge in [-0.2, -0.15) is 13.2 Å². The lowest BCUT2D eigenvalue weighted by molar-refractivity contribution is -0.138. The average molecular weight is 277 g/mol. The zero-order valence-electron chi connectivity index (χ0n) is 9.67. The highest BCUT2D eigenvalue weighted by Gasteiger charge is 2.35. The lowest BCUT2D eigenvalue weighted by Crippen LogP contribution is -2.26. The largest absolute Gasteiger partial charge is 0.416 e. The third-order valence-corrected chi connectivity index (χ3v) is 4.38. The molecule has 1 fully saturated rings. The van der Waals surface area contributed by atoms with E-state index < -0.39 is 28.6 Å². The van der Waals surface area contributed by atoms with Crippen molar-refractivity contribution in [1.82, 2.24) is 5.32 Å². The van der Waals surface area contributed by atoms with Crippen LogP contribution in [0.3, 0.4) is 0 Å². The van der Waals surface area contributed by atoms with E-state index in [0.29, 0.717) is 12.3 Å². The molecule has 0 radical (unpaired) electrons. The highest BCUT2D eigenvalue weighted by Crippen LogP contribution is 2.35. The molecule has 1 heterocycles. The third kappa shape index (κ3) is 3.11. The molecule has 0 aliphatic carbocycles. The summed E-state index contributed by atoms with van der Waals surface area (Å²) in [5.41, 5.74) is -0.443. The van der Waals surface area contributed by atoms with Gasteiger partial charge >= 0.3 is 6.18 Å². The van der Waals surface area contributed by atoms with Gasteiger partial charge in [0.25, 0.3) is 0 Å². The molecule has 0 saturated carbocycles. The van der Waals surface area contributed by atoms with E-state index in [4.69, 9.17) is 0 Å². The van der Waals surface area contributed by atoms with Crippen molar-refractivity contribution < 1.29 is 17.4 Å². The van der Waals surface area contributed by atoms with Crippen molar-refractivity contribution in [2.75, 3.05) is 18.1 Å². The van der Waals surface area contributed by atoms with Gasteiger partial charge in [-0.1, -0.05) is 18.2 Å². The van der Waals surface area contributed by atoms with Gasteiger partial charge < -0.3 is 5.32 Å². The average Bonchev–Trinajstić information content (AvgIpc) is 2.53. The second-order valence-corrected chi connectivity index (χ2v) is 5.88. The van der Waals surface area contributed by atoms with Crippen LogP contribution >= 0.6 is 0 Å². The van der Waals surface area contributed by atoms with E-state index >= 15 is 0 Å². The van der Waals surface area contributed by atoms with Gasteiger partial charge in [-0.3, -0.25) is 4.21 Å². The standard InChI is InChI=1S/C12H14F3NOS/c13-12(14,15)10-5-2-1-4-9(10)11-8-18(17)7-3-6-16-11/h1-2,4-5,11,16H,3,6-8H2. The third-order valence-electron chi connectivity index (χ3n) is 2.93. The van der Waals surface area contributed by atoms with Crippen LogP contribution in [0.1, 0.15) is 23.6 Å². The molecule has 0 bridgehead atoms. The molecule has 1 N–H and O–H groups in total. The molecule has 1 aromatic carbocycles. The van der Waals surface area contributed by atoms with Crippen LogP contribution in [-0.2, 0) is 17.0 Å². The van der Waals surface area contributed by atoms with E-state index in [9.17, 15) is 17.4 Å². The number of hydrogen-bond donors (Lipinski definition) is 1. The number of halogens is 3. The van der Waals surface area contributed by atoms with E-state index in [2.05, 4.69) is 5.32 Å². The highest BCUT2D eigenvalue weighted by atomic mass is 32.2. The van der Waals surface area contributed by atoms with Crippen LogP contribution in [0.25, 0.3) is 0 Å². The first-order valence-electron chi connectivity index (χ1n) is 5.73. The van der Waals surface area contributed by atoms with Gasteiger partial charge in [-0.15, -0.1) is 0 Å². The first kappa shape index (κ1) is 13.5. The second-order valence-electron chi connectivity index (χ2n) is 4.26. The van der Waals surface area contributed by atoms with E-state index in [1.54, 1.807) is 6.07 Å². The summed E-state index contributed by atoms with van der Waals surface area (Å²) in [6, 6.07) is 5.01. The predicted molar refractivity (Wildman–Crippen MR) is 64.7 cm³/mol. The molecule has 2 unspecified atom stereocenters. The number of nitrogens with one attached hydrogen (secondary N) is 1. The van der Waals surface area contributed by atoms with E-state index in [1.807, 2.05) is 0 Å². The molecular formula is C12H14F3NOS. The maximum Gasteiger partial charge on any atom is 0.416 e. The lowest BCUT2D eigenvalue weighted by atomic mass is 10.0. The molecule has 0 aromatic heterocycles. The van der Waals surface area contributed by atoms with Crippen LogP contribution in [0, 0.1) is 0 Å². The summed E-state index contributed by atoms with van der Waals surface area (Å²) in [5.74, 6) is 0.796. The fraction of sp³-hybridized carbons (Fsp3) is 0.500. The Labute approximate surface area is 106 Å². The minimum Gasteiger partial charge on any atom is -0.309 e. The van der Waals surface area contributed by atoms with Gasteiger partial charge in [0.2, 0.25) is 0 Å². The number of benzene rings is 1. The van der Waals surface area contributed by atoms with Gasteiger partial charge in [-0.05, 0) is 24.6 Å². The van der Waals surface area contributed by atoms with Gasteiger partial charge in [0.15, 0.2) is 0 Å².